The van der Waals surface area contributed by atoms with Gasteiger partial charge in [0, 0.05) is 57.9 Å². The Labute approximate surface area is 176 Å². The van der Waals surface area contributed by atoms with Crippen molar-refractivity contribution in [1.82, 2.24) is 20.2 Å². The zero-order valence-corrected chi connectivity index (χ0v) is 17.1. The molecule has 0 unspecified atom stereocenters. The lowest BCUT2D eigenvalue weighted by Crippen LogP contribution is -2.60. The quantitative estimate of drug-likeness (QED) is 0.687. The third kappa shape index (κ3) is 4.56. The largest absolute Gasteiger partial charge is 0.362 e. The van der Waals surface area contributed by atoms with Crippen LogP contribution in [0.15, 0.2) is 73.3 Å². The van der Waals surface area contributed by atoms with Crippen LogP contribution in [-0.4, -0.2) is 53.1 Å². The molecule has 0 radical (unpaired) electrons. The molecule has 1 aromatic carbocycles. The van der Waals surface area contributed by atoms with Crippen molar-refractivity contribution in [2.75, 3.05) is 26.7 Å². The molecule has 3 heterocycles. The number of benzene rings is 1. The lowest BCUT2D eigenvalue weighted by Gasteiger charge is -2.41. The van der Waals surface area contributed by atoms with E-state index in [4.69, 9.17) is 4.74 Å². The van der Waals surface area contributed by atoms with E-state index < -0.39 is 5.60 Å². The van der Waals surface area contributed by atoms with Crippen LogP contribution in [0.25, 0.3) is 11.1 Å². The molecular formula is C24H26N4O2. The first-order chi connectivity index (χ1) is 14.7. The fourth-order valence-corrected chi connectivity index (χ4v) is 4.01. The maximum Gasteiger partial charge on any atom is 0.253 e. The van der Waals surface area contributed by atoms with E-state index in [-0.39, 0.29) is 5.91 Å². The fourth-order valence-electron chi connectivity index (χ4n) is 4.01. The average Bonchev–Trinajstić information content (AvgIpc) is 2.80. The highest BCUT2D eigenvalue weighted by Crippen LogP contribution is 2.27. The number of morpholine rings is 1. The van der Waals surface area contributed by atoms with Crippen LogP contribution < -0.4 is 5.32 Å². The molecule has 1 saturated heterocycles. The van der Waals surface area contributed by atoms with E-state index in [1.165, 1.54) is 5.56 Å². The Balaban J connectivity index is 1.57. The predicted octanol–water partition coefficient (Wildman–Crippen LogP) is 2.70. The molecule has 1 atom stereocenters. The molecule has 1 amide bonds. The van der Waals surface area contributed by atoms with Crippen LogP contribution in [0.1, 0.15) is 11.1 Å². The van der Waals surface area contributed by atoms with Crippen LogP contribution >= 0.6 is 0 Å². The van der Waals surface area contributed by atoms with E-state index in [2.05, 4.69) is 38.4 Å². The zero-order valence-electron chi connectivity index (χ0n) is 17.1. The second-order valence-corrected chi connectivity index (χ2v) is 7.61. The Morgan fingerprint density at radius 2 is 1.90 bits per heavy atom. The Kier molecular flexibility index (Phi) is 6.16. The first-order valence-electron chi connectivity index (χ1n) is 10.2. The van der Waals surface area contributed by atoms with Gasteiger partial charge in [0.15, 0.2) is 5.60 Å². The molecule has 154 valence electrons. The highest BCUT2D eigenvalue weighted by Gasteiger charge is 2.43. The maximum atomic E-state index is 13.0. The predicted molar refractivity (Wildman–Crippen MR) is 116 cm³/mol. The number of ether oxygens (including phenoxy) is 1. The van der Waals surface area contributed by atoms with Crippen molar-refractivity contribution in [2.24, 2.45) is 0 Å². The minimum absolute atomic E-state index is 0.0892. The topological polar surface area (TPSA) is 67.4 Å². The molecule has 1 aliphatic heterocycles. The molecule has 0 bridgehead atoms. The second kappa shape index (κ2) is 9.15. The van der Waals surface area contributed by atoms with Crippen molar-refractivity contribution < 1.29 is 9.53 Å². The number of carbonyl (C=O) groups excluding carboxylic acids is 1. The van der Waals surface area contributed by atoms with Crippen molar-refractivity contribution in [1.29, 1.82) is 0 Å². The summed E-state index contributed by atoms with van der Waals surface area (Å²) in [6.45, 7) is 2.60. The summed E-state index contributed by atoms with van der Waals surface area (Å²) < 4.78 is 6.16. The van der Waals surface area contributed by atoms with Crippen LogP contribution in [0.3, 0.4) is 0 Å². The summed E-state index contributed by atoms with van der Waals surface area (Å²) >= 11 is 0. The normalized spacial score (nSPS) is 19.4. The lowest BCUT2D eigenvalue weighted by molar-refractivity contribution is -0.160. The van der Waals surface area contributed by atoms with Gasteiger partial charge in [-0.3, -0.25) is 19.7 Å². The van der Waals surface area contributed by atoms with Crippen molar-refractivity contribution in [2.45, 2.75) is 18.6 Å². The van der Waals surface area contributed by atoms with Crippen LogP contribution in [0, 0.1) is 0 Å². The standard InChI is InChI=1S/C24H26N4O2/c1-25-23(29)24(18-28(12-13-30-24)17-19-7-10-26-11-8-19)15-20-4-2-5-21(14-20)22-6-3-9-27-16-22/h2-11,14,16H,12-13,15,17-18H2,1H3,(H,25,29)/t24-/m0/s1. The number of nitrogens with one attached hydrogen (secondary N) is 1. The molecular weight excluding hydrogens is 376 g/mol. The van der Waals surface area contributed by atoms with E-state index in [0.717, 1.165) is 29.8 Å². The summed E-state index contributed by atoms with van der Waals surface area (Å²) in [5.41, 5.74) is 3.45. The number of likely N-dealkylation sites (N-methyl/N-ethyl adjacent to an activating group) is 1. The van der Waals surface area contributed by atoms with Gasteiger partial charge in [-0.1, -0.05) is 30.3 Å². The average molecular weight is 402 g/mol. The maximum absolute atomic E-state index is 13.0. The van der Waals surface area contributed by atoms with Gasteiger partial charge in [-0.05, 0) is 40.5 Å². The number of carbonyl (C=O) groups is 1. The molecule has 1 aliphatic rings. The van der Waals surface area contributed by atoms with E-state index in [1.54, 1.807) is 25.6 Å². The van der Waals surface area contributed by atoms with Gasteiger partial charge in [0.05, 0.1) is 6.61 Å². The molecule has 2 aromatic heterocycles. The van der Waals surface area contributed by atoms with Gasteiger partial charge in [0.25, 0.3) is 5.91 Å². The van der Waals surface area contributed by atoms with Gasteiger partial charge >= 0.3 is 0 Å². The molecule has 6 nitrogen and oxygen atoms in total. The third-order valence-electron chi connectivity index (χ3n) is 5.47. The number of hydrogen-bond acceptors (Lipinski definition) is 5. The minimum Gasteiger partial charge on any atom is -0.362 e. The number of nitrogens with zero attached hydrogens (tertiary/aromatic N) is 3. The van der Waals surface area contributed by atoms with Gasteiger partial charge < -0.3 is 10.1 Å². The van der Waals surface area contributed by atoms with E-state index >= 15 is 0 Å². The summed E-state index contributed by atoms with van der Waals surface area (Å²) in [7, 11) is 1.67. The molecule has 3 aromatic rings. The molecule has 0 saturated carbocycles. The van der Waals surface area contributed by atoms with Crippen molar-refractivity contribution in [3.05, 3.63) is 84.4 Å². The van der Waals surface area contributed by atoms with Crippen LogP contribution in [0.5, 0.6) is 0 Å². The molecule has 0 spiro atoms. The van der Waals surface area contributed by atoms with Crippen LogP contribution in [0.2, 0.25) is 0 Å². The zero-order chi connectivity index (χ0) is 20.8. The Bertz CT molecular complexity index is 981. The first kappa shape index (κ1) is 20.2. The molecule has 6 heteroatoms. The van der Waals surface area contributed by atoms with Crippen molar-refractivity contribution in [3.63, 3.8) is 0 Å². The summed E-state index contributed by atoms with van der Waals surface area (Å²) in [6, 6.07) is 16.2. The number of pyridine rings is 2. The second-order valence-electron chi connectivity index (χ2n) is 7.61. The fraction of sp³-hybridized carbons (Fsp3) is 0.292. The highest BCUT2D eigenvalue weighted by molar-refractivity contribution is 5.86. The molecule has 30 heavy (non-hydrogen) atoms. The van der Waals surface area contributed by atoms with Gasteiger partial charge in [0.2, 0.25) is 0 Å². The lowest BCUT2D eigenvalue weighted by atomic mass is 9.90. The molecule has 4 rings (SSSR count). The number of aromatic nitrogens is 2. The van der Waals surface area contributed by atoms with Crippen molar-refractivity contribution >= 4 is 5.91 Å². The summed E-state index contributed by atoms with van der Waals surface area (Å²) in [5, 5.41) is 2.82. The smallest absolute Gasteiger partial charge is 0.253 e. The van der Waals surface area contributed by atoms with E-state index in [9.17, 15) is 4.79 Å². The first-order valence-corrected chi connectivity index (χ1v) is 10.2. The third-order valence-corrected chi connectivity index (χ3v) is 5.47. The Morgan fingerprint density at radius 1 is 1.07 bits per heavy atom. The van der Waals surface area contributed by atoms with Crippen molar-refractivity contribution in [3.8, 4) is 11.1 Å². The number of hydrogen-bond donors (Lipinski definition) is 1. The summed E-state index contributed by atoms with van der Waals surface area (Å²) in [5.74, 6) is -0.0892. The van der Waals surface area contributed by atoms with Crippen LogP contribution in [0.4, 0.5) is 0 Å². The Morgan fingerprint density at radius 3 is 2.67 bits per heavy atom. The molecule has 1 N–H and O–H groups in total. The molecule has 1 fully saturated rings. The summed E-state index contributed by atoms with van der Waals surface area (Å²) in [6.07, 6.45) is 7.72. The van der Waals surface area contributed by atoms with E-state index in [1.807, 2.05) is 36.5 Å². The SMILES string of the molecule is CNC(=O)[C@]1(Cc2cccc(-c3cccnc3)c2)CN(Cc2ccncc2)CCO1. The minimum atomic E-state index is -0.923. The highest BCUT2D eigenvalue weighted by atomic mass is 16.5. The van der Waals surface area contributed by atoms with E-state index in [0.29, 0.717) is 19.6 Å². The van der Waals surface area contributed by atoms with Gasteiger partial charge in [-0.25, -0.2) is 0 Å². The van der Waals surface area contributed by atoms with Gasteiger partial charge in [0.1, 0.15) is 0 Å². The summed E-state index contributed by atoms with van der Waals surface area (Å²) in [4.78, 5) is 23.5. The van der Waals surface area contributed by atoms with Crippen LogP contribution in [-0.2, 0) is 22.5 Å². The van der Waals surface area contributed by atoms with Gasteiger partial charge in [-0.15, -0.1) is 0 Å². The van der Waals surface area contributed by atoms with Gasteiger partial charge in [-0.2, -0.15) is 0 Å². The Hall–Kier alpha value is -3.09. The molecule has 0 aliphatic carbocycles. The number of amides is 1. The number of rotatable bonds is 6. The monoisotopic (exact) mass is 402 g/mol.